The molecule has 0 radical (unpaired) electrons. The van der Waals surface area contributed by atoms with Gasteiger partial charge in [-0.2, -0.15) is 5.10 Å². The zero-order valence-electron chi connectivity index (χ0n) is 24.1. The lowest BCUT2D eigenvalue weighted by Gasteiger charge is -2.06. The summed E-state index contributed by atoms with van der Waals surface area (Å²) in [6.45, 7) is 4.13. The molecule has 0 unspecified atom stereocenters. The molecule has 9 nitrogen and oxygen atoms in total. The first kappa shape index (κ1) is 26.2. The van der Waals surface area contributed by atoms with Crippen LogP contribution < -0.4 is 11.1 Å². The highest BCUT2D eigenvalue weighted by molar-refractivity contribution is 6.04. The predicted molar refractivity (Wildman–Crippen MR) is 171 cm³/mol. The highest BCUT2D eigenvalue weighted by Crippen LogP contribution is 2.27. The number of aromatic nitrogens is 6. The summed E-state index contributed by atoms with van der Waals surface area (Å²) in [5, 5.41) is 7.63. The molecule has 7 rings (SSSR count). The van der Waals surface area contributed by atoms with Crippen molar-refractivity contribution < 1.29 is 4.79 Å². The number of nitrogens with one attached hydrogen (secondary N) is 3. The van der Waals surface area contributed by atoms with Crippen LogP contribution in [0.1, 0.15) is 32.9 Å². The van der Waals surface area contributed by atoms with Gasteiger partial charge in [-0.25, -0.2) is 9.97 Å². The Bertz CT molecular complexity index is 2170. The molecule has 3 heterocycles. The predicted octanol–water partition coefficient (Wildman–Crippen LogP) is 6.55. The summed E-state index contributed by atoms with van der Waals surface area (Å²) in [5.41, 5.74) is 17.5. The number of benzene rings is 4. The summed E-state index contributed by atoms with van der Waals surface area (Å²) in [5.74, 6) is 1.39. The van der Waals surface area contributed by atoms with E-state index in [2.05, 4.69) is 58.5 Å². The van der Waals surface area contributed by atoms with Gasteiger partial charge < -0.3 is 21.0 Å². The zero-order valence-corrected chi connectivity index (χ0v) is 24.1. The summed E-state index contributed by atoms with van der Waals surface area (Å²) in [7, 11) is 1.79. The van der Waals surface area contributed by atoms with Gasteiger partial charge in [-0.1, -0.05) is 42.5 Å². The number of amides is 1. The Morgan fingerprint density at radius 2 is 1.51 bits per heavy atom. The number of carbonyl (C=O) groups is 1. The maximum absolute atomic E-state index is 13.2. The van der Waals surface area contributed by atoms with Crippen LogP contribution in [0.3, 0.4) is 0 Å². The van der Waals surface area contributed by atoms with Crippen LogP contribution in [0.2, 0.25) is 0 Å². The summed E-state index contributed by atoms with van der Waals surface area (Å²) in [6, 6.07) is 27.6. The monoisotopic (exact) mass is 566 g/mol. The normalized spacial score (nSPS) is 11.4. The van der Waals surface area contributed by atoms with E-state index in [1.807, 2.05) is 60.7 Å². The molecule has 43 heavy (non-hydrogen) atoms. The quantitative estimate of drug-likeness (QED) is 0.170. The minimum atomic E-state index is -0.226. The number of aryl methyl sites for hydroxylation is 3. The Kier molecular flexibility index (Phi) is 6.27. The lowest BCUT2D eigenvalue weighted by atomic mass is 10.0. The van der Waals surface area contributed by atoms with Crippen molar-refractivity contribution in [2.75, 3.05) is 11.1 Å². The van der Waals surface area contributed by atoms with Gasteiger partial charge in [0.15, 0.2) is 0 Å². The van der Waals surface area contributed by atoms with Crippen LogP contribution >= 0.6 is 0 Å². The summed E-state index contributed by atoms with van der Waals surface area (Å²) < 4.78 is 1.62. The minimum Gasteiger partial charge on any atom is -0.399 e. The summed E-state index contributed by atoms with van der Waals surface area (Å²) in [4.78, 5) is 29.5. The first-order chi connectivity index (χ1) is 20.8. The van der Waals surface area contributed by atoms with Gasteiger partial charge in [-0.05, 0) is 73.0 Å². The van der Waals surface area contributed by atoms with E-state index in [0.29, 0.717) is 23.5 Å². The number of aromatic amines is 2. The number of carbonyl (C=O) groups excluding carboxylic acids is 1. The van der Waals surface area contributed by atoms with Gasteiger partial charge in [0.1, 0.15) is 17.3 Å². The molecule has 3 aromatic heterocycles. The molecule has 1 amide bonds. The van der Waals surface area contributed by atoms with Crippen LogP contribution in [0.15, 0.2) is 84.9 Å². The zero-order chi connectivity index (χ0) is 29.7. The Morgan fingerprint density at radius 3 is 2.26 bits per heavy atom. The second kappa shape index (κ2) is 10.3. The Morgan fingerprint density at radius 1 is 0.814 bits per heavy atom. The molecule has 0 aliphatic heterocycles. The molecular weight excluding hydrogens is 536 g/mol. The number of rotatable bonds is 6. The van der Waals surface area contributed by atoms with Crippen LogP contribution in [0, 0.1) is 13.8 Å². The highest BCUT2D eigenvalue weighted by Gasteiger charge is 2.16. The van der Waals surface area contributed by atoms with Gasteiger partial charge in [-0.3, -0.25) is 9.48 Å². The van der Waals surface area contributed by atoms with E-state index in [9.17, 15) is 4.79 Å². The smallest absolute Gasteiger partial charge is 0.273 e. The van der Waals surface area contributed by atoms with Gasteiger partial charge >= 0.3 is 0 Å². The third-order valence-electron chi connectivity index (χ3n) is 7.74. The minimum absolute atomic E-state index is 0.226. The van der Waals surface area contributed by atoms with Crippen LogP contribution in [-0.4, -0.2) is 35.6 Å². The third kappa shape index (κ3) is 5.01. The van der Waals surface area contributed by atoms with Crippen molar-refractivity contribution in [3.63, 3.8) is 0 Å². The van der Waals surface area contributed by atoms with Gasteiger partial charge in [0.2, 0.25) is 0 Å². The number of nitrogen functional groups attached to an aromatic ring is 1. The number of fused-ring (bicyclic) bond motifs is 2. The molecule has 9 heteroatoms. The van der Waals surface area contributed by atoms with E-state index in [-0.39, 0.29) is 5.91 Å². The molecule has 212 valence electrons. The van der Waals surface area contributed by atoms with E-state index in [1.165, 1.54) is 0 Å². The van der Waals surface area contributed by atoms with Crippen molar-refractivity contribution >= 4 is 39.3 Å². The summed E-state index contributed by atoms with van der Waals surface area (Å²) in [6.07, 6.45) is 0.598. The Hall–Kier alpha value is -5.70. The number of H-pyrrole nitrogens is 2. The number of nitrogens with zero attached hydrogens (tertiary/aromatic N) is 4. The third-order valence-corrected chi connectivity index (χ3v) is 7.74. The average molecular weight is 567 g/mol. The van der Waals surface area contributed by atoms with Crippen LogP contribution in [0.4, 0.5) is 11.4 Å². The fourth-order valence-corrected chi connectivity index (χ4v) is 5.54. The van der Waals surface area contributed by atoms with Gasteiger partial charge in [0.25, 0.3) is 5.91 Å². The fraction of sp³-hybridized carbons (Fsp3) is 0.118. The molecule has 0 fully saturated rings. The topological polar surface area (TPSA) is 130 Å². The van der Waals surface area contributed by atoms with Crippen molar-refractivity contribution in [1.29, 1.82) is 0 Å². The number of hydrogen-bond acceptors (Lipinski definition) is 5. The maximum Gasteiger partial charge on any atom is 0.273 e. The molecule has 0 spiro atoms. The molecule has 0 bridgehead atoms. The average Bonchev–Trinajstić information content (AvgIpc) is 3.69. The standard InChI is InChI=1S/C34H30N8O/c1-19-6-4-5-7-25(19)32-38-28-13-10-23(17-30(28)40-32)36-34(43)31-18-24(41-42(31)3)15-21-8-11-26(20(2)14-21)33-37-27-12-9-22(35)16-29(27)39-33/h4-14,16-18H,15,35H2,1-3H3,(H,36,43)(H,37,39)(H,38,40). The first-order valence-corrected chi connectivity index (χ1v) is 14.1. The molecule has 0 saturated heterocycles. The lowest BCUT2D eigenvalue weighted by molar-refractivity contribution is 0.101. The molecular formula is C34H30N8O. The number of anilines is 2. The van der Waals surface area contributed by atoms with Crippen molar-refractivity contribution in [3.8, 4) is 22.8 Å². The van der Waals surface area contributed by atoms with Crippen molar-refractivity contribution in [1.82, 2.24) is 29.7 Å². The molecule has 7 aromatic rings. The Labute approximate surface area is 247 Å². The van der Waals surface area contributed by atoms with E-state index in [1.54, 1.807) is 11.7 Å². The second-order valence-electron chi connectivity index (χ2n) is 10.9. The van der Waals surface area contributed by atoms with Crippen molar-refractivity contribution in [2.24, 2.45) is 7.05 Å². The van der Waals surface area contributed by atoms with Gasteiger partial charge in [-0.15, -0.1) is 0 Å². The lowest BCUT2D eigenvalue weighted by Crippen LogP contribution is -2.15. The van der Waals surface area contributed by atoms with E-state index < -0.39 is 0 Å². The Balaban J connectivity index is 1.07. The van der Waals surface area contributed by atoms with Gasteiger partial charge in [0.05, 0.1) is 27.8 Å². The molecule has 0 aliphatic carbocycles. The molecule has 0 atom stereocenters. The highest BCUT2D eigenvalue weighted by atomic mass is 16.2. The largest absolute Gasteiger partial charge is 0.399 e. The second-order valence-corrected chi connectivity index (χ2v) is 10.9. The van der Waals surface area contributed by atoms with Crippen molar-refractivity contribution in [2.45, 2.75) is 20.3 Å². The van der Waals surface area contributed by atoms with Crippen LogP contribution in [-0.2, 0) is 13.5 Å². The van der Waals surface area contributed by atoms with E-state index in [4.69, 9.17) is 15.7 Å². The SMILES string of the molecule is Cc1cc(Cc2cc(C(=O)Nc3ccc4nc(-c5ccccc5C)[nH]c4c3)n(C)n2)ccc1-c1nc2ccc(N)cc2[nH]1. The van der Waals surface area contributed by atoms with E-state index >= 15 is 0 Å². The maximum atomic E-state index is 13.2. The van der Waals surface area contributed by atoms with Gasteiger partial charge in [0, 0.05) is 36.0 Å². The molecule has 5 N–H and O–H groups in total. The van der Waals surface area contributed by atoms with Crippen LogP contribution in [0.5, 0.6) is 0 Å². The van der Waals surface area contributed by atoms with Crippen LogP contribution in [0.25, 0.3) is 44.8 Å². The molecule has 4 aromatic carbocycles. The summed E-state index contributed by atoms with van der Waals surface area (Å²) >= 11 is 0. The van der Waals surface area contributed by atoms with Crippen molar-refractivity contribution in [3.05, 3.63) is 113 Å². The number of imidazole rings is 2. The molecule has 0 saturated carbocycles. The fourth-order valence-electron chi connectivity index (χ4n) is 5.54. The first-order valence-electron chi connectivity index (χ1n) is 14.1. The van der Waals surface area contributed by atoms with E-state index in [0.717, 1.165) is 67.2 Å². The number of nitrogens with two attached hydrogens (primary N) is 1. The number of hydrogen-bond donors (Lipinski definition) is 4. The molecule has 0 aliphatic rings.